The molecule has 0 aliphatic heterocycles. The van der Waals surface area contributed by atoms with Gasteiger partial charge in [0.15, 0.2) is 0 Å². The van der Waals surface area contributed by atoms with Crippen LogP contribution in [0.3, 0.4) is 0 Å². The molecule has 1 aromatic carbocycles. The summed E-state index contributed by atoms with van der Waals surface area (Å²) in [5, 5.41) is 6.25. The van der Waals surface area contributed by atoms with Crippen LogP contribution in [0.5, 0.6) is 5.75 Å². The number of hydrogen-bond donors (Lipinski definition) is 2. The van der Waals surface area contributed by atoms with Crippen LogP contribution in [-0.4, -0.2) is 25.7 Å². The number of benzene rings is 1. The molecule has 4 nitrogen and oxygen atoms in total. The molecule has 0 unspecified atom stereocenters. The summed E-state index contributed by atoms with van der Waals surface area (Å²) in [6.45, 7) is 3.50. The molecule has 0 radical (unpaired) electrons. The van der Waals surface area contributed by atoms with Gasteiger partial charge in [0.1, 0.15) is 12.4 Å². The van der Waals surface area contributed by atoms with Crippen LogP contribution in [0, 0.1) is 6.92 Å². The molecule has 0 bridgehead atoms. The smallest absolute Gasteiger partial charge is 0.314 e. The average Bonchev–Trinajstić information content (AvgIpc) is 2.55. The van der Waals surface area contributed by atoms with Crippen molar-refractivity contribution in [1.29, 1.82) is 0 Å². The van der Waals surface area contributed by atoms with Gasteiger partial charge in [-0.15, -0.1) is 0 Å². The predicted octanol–water partition coefficient (Wildman–Crippen LogP) is 4.22. The van der Waals surface area contributed by atoms with Gasteiger partial charge in [0.25, 0.3) is 0 Å². The first-order valence-corrected chi connectivity index (χ1v) is 8.61. The maximum atomic E-state index is 11.7. The van der Waals surface area contributed by atoms with Gasteiger partial charge in [0, 0.05) is 6.54 Å². The first kappa shape index (κ1) is 17.7. The summed E-state index contributed by atoms with van der Waals surface area (Å²) >= 11 is 6.05. The maximum absolute atomic E-state index is 11.7. The molecule has 0 saturated carbocycles. The number of allylic oxidation sites excluding steroid dienone is 1. The van der Waals surface area contributed by atoms with E-state index in [-0.39, 0.29) is 6.03 Å². The summed E-state index contributed by atoms with van der Waals surface area (Å²) in [4.78, 5) is 11.7. The number of nitrogens with one attached hydrogen (secondary N) is 2. The largest absolute Gasteiger partial charge is 0.490 e. The van der Waals surface area contributed by atoms with E-state index < -0.39 is 0 Å². The van der Waals surface area contributed by atoms with Gasteiger partial charge in [-0.3, -0.25) is 0 Å². The molecule has 5 heteroatoms. The normalized spacial score (nSPS) is 14.1. The van der Waals surface area contributed by atoms with Gasteiger partial charge < -0.3 is 15.4 Å². The highest BCUT2D eigenvalue weighted by molar-refractivity contribution is 6.32. The topological polar surface area (TPSA) is 50.4 Å². The molecule has 0 atom stereocenters. The van der Waals surface area contributed by atoms with Crippen LogP contribution in [-0.2, 0) is 0 Å². The number of halogens is 1. The quantitative estimate of drug-likeness (QED) is 0.578. The van der Waals surface area contributed by atoms with Crippen molar-refractivity contribution in [3.8, 4) is 5.75 Å². The van der Waals surface area contributed by atoms with Crippen LogP contribution in [0.25, 0.3) is 0 Å². The molecule has 0 saturated heterocycles. The van der Waals surface area contributed by atoms with E-state index in [9.17, 15) is 4.79 Å². The van der Waals surface area contributed by atoms with E-state index in [1.165, 1.54) is 31.3 Å². The fourth-order valence-corrected chi connectivity index (χ4v) is 2.75. The van der Waals surface area contributed by atoms with E-state index >= 15 is 0 Å². The van der Waals surface area contributed by atoms with E-state index in [0.29, 0.717) is 30.5 Å². The number of ether oxygens (including phenoxy) is 1. The van der Waals surface area contributed by atoms with E-state index in [1.807, 2.05) is 25.1 Å². The Balaban J connectivity index is 1.57. The molecule has 2 amide bonds. The minimum atomic E-state index is -0.152. The zero-order chi connectivity index (χ0) is 16.5. The highest BCUT2D eigenvalue weighted by atomic mass is 35.5. The molecule has 0 aromatic heterocycles. The molecule has 23 heavy (non-hydrogen) atoms. The molecule has 2 N–H and O–H groups in total. The number of rotatable bonds is 7. The Labute approximate surface area is 143 Å². The van der Waals surface area contributed by atoms with Crippen LogP contribution >= 0.6 is 11.6 Å². The summed E-state index contributed by atoms with van der Waals surface area (Å²) in [5.74, 6) is 0.651. The minimum Gasteiger partial charge on any atom is -0.490 e. The minimum absolute atomic E-state index is 0.152. The number of amides is 2. The molecular formula is C18H25ClN2O2. The molecule has 1 aliphatic carbocycles. The van der Waals surface area contributed by atoms with Crippen LogP contribution in [0.4, 0.5) is 4.79 Å². The van der Waals surface area contributed by atoms with E-state index in [2.05, 4.69) is 16.7 Å². The van der Waals surface area contributed by atoms with Crippen molar-refractivity contribution in [1.82, 2.24) is 10.6 Å². The lowest BCUT2D eigenvalue weighted by atomic mass is 9.97. The van der Waals surface area contributed by atoms with Crippen molar-refractivity contribution in [3.05, 3.63) is 40.4 Å². The Morgan fingerprint density at radius 3 is 2.87 bits per heavy atom. The van der Waals surface area contributed by atoms with Crippen LogP contribution in [0.15, 0.2) is 29.8 Å². The van der Waals surface area contributed by atoms with Crippen molar-refractivity contribution < 1.29 is 9.53 Å². The molecular weight excluding hydrogens is 312 g/mol. The van der Waals surface area contributed by atoms with Gasteiger partial charge in [-0.1, -0.05) is 29.3 Å². The second kappa shape index (κ2) is 9.46. The van der Waals surface area contributed by atoms with E-state index in [0.717, 1.165) is 12.0 Å². The molecule has 1 aromatic rings. The van der Waals surface area contributed by atoms with Gasteiger partial charge in [-0.05, 0) is 56.7 Å². The Bertz CT molecular complexity index is 558. The SMILES string of the molecule is Cc1ccc(Cl)c(OCCNC(=O)NCCC2=CCCCC2)c1. The number of aryl methyl sites for hydroxylation is 1. The van der Waals surface area contributed by atoms with Crippen molar-refractivity contribution in [3.63, 3.8) is 0 Å². The molecule has 1 aliphatic rings. The van der Waals surface area contributed by atoms with Gasteiger partial charge in [-0.2, -0.15) is 0 Å². The first-order chi connectivity index (χ1) is 11.1. The molecule has 0 spiro atoms. The summed E-state index contributed by atoms with van der Waals surface area (Å²) in [5.41, 5.74) is 2.56. The summed E-state index contributed by atoms with van der Waals surface area (Å²) in [6, 6.07) is 5.48. The van der Waals surface area contributed by atoms with E-state index in [1.54, 1.807) is 0 Å². The van der Waals surface area contributed by atoms with Gasteiger partial charge >= 0.3 is 6.03 Å². The van der Waals surface area contributed by atoms with Crippen LogP contribution < -0.4 is 15.4 Å². The standard InChI is InChI=1S/C18H25ClN2O2/c1-14-7-8-16(19)17(13-14)23-12-11-21-18(22)20-10-9-15-5-3-2-4-6-15/h5,7-8,13H,2-4,6,9-12H2,1H3,(H2,20,21,22). The molecule has 2 rings (SSSR count). The predicted molar refractivity (Wildman–Crippen MR) is 94.3 cm³/mol. The van der Waals surface area contributed by atoms with Crippen molar-refractivity contribution in [2.75, 3.05) is 19.7 Å². The third kappa shape index (κ3) is 6.53. The van der Waals surface area contributed by atoms with Crippen LogP contribution in [0.1, 0.15) is 37.7 Å². The third-order valence-electron chi connectivity index (χ3n) is 3.85. The highest BCUT2D eigenvalue weighted by Crippen LogP contribution is 2.24. The second-order valence-electron chi connectivity index (χ2n) is 5.82. The van der Waals surface area contributed by atoms with Crippen molar-refractivity contribution in [2.45, 2.75) is 39.0 Å². The lowest BCUT2D eigenvalue weighted by molar-refractivity contribution is 0.236. The highest BCUT2D eigenvalue weighted by Gasteiger charge is 2.05. The zero-order valence-electron chi connectivity index (χ0n) is 13.7. The summed E-state index contributed by atoms with van der Waals surface area (Å²) < 4.78 is 5.58. The molecule has 0 heterocycles. The Morgan fingerprint density at radius 1 is 1.26 bits per heavy atom. The Hall–Kier alpha value is -1.68. The fraction of sp³-hybridized carbons (Fsp3) is 0.500. The van der Waals surface area contributed by atoms with Crippen LogP contribution in [0.2, 0.25) is 5.02 Å². The third-order valence-corrected chi connectivity index (χ3v) is 4.16. The summed E-state index contributed by atoms with van der Waals surface area (Å²) in [7, 11) is 0. The van der Waals surface area contributed by atoms with Gasteiger partial charge in [0.2, 0.25) is 0 Å². The lowest BCUT2D eigenvalue weighted by Gasteiger charge is -2.13. The van der Waals surface area contributed by atoms with Gasteiger partial charge in [-0.25, -0.2) is 4.79 Å². The zero-order valence-corrected chi connectivity index (χ0v) is 14.4. The molecule has 126 valence electrons. The summed E-state index contributed by atoms with van der Waals surface area (Å²) in [6.07, 6.45) is 8.18. The second-order valence-corrected chi connectivity index (χ2v) is 6.23. The average molecular weight is 337 g/mol. The Morgan fingerprint density at radius 2 is 2.09 bits per heavy atom. The maximum Gasteiger partial charge on any atom is 0.314 e. The van der Waals surface area contributed by atoms with Gasteiger partial charge in [0.05, 0.1) is 11.6 Å². The van der Waals surface area contributed by atoms with E-state index in [4.69, 9.17) is 16.3 Å². The molecule has 0 fully saturated rings. The first-order valence-electron chi connectivity index (χ1n) is 8.24. The number of carbonyl (C=O) groups is 1. The fourth-order valence-electron chi connectivity index (χ4n) is 2.58. The van der Waals surface area contributed by atoms with Crippen molar-refractivity contribution in [2.24, 2.45) is 0 Å². The number of urea groups is 1. The van der Waals surface area contributed by atoms with Crippen molar-refractivity contribution >= 4 is 17.6 Å². The number of carbonyl (C=O) groups excluding carboxylic acids is 1. The Kier molecular flexibility index (Phi) is 7.27. The monoisotopic (exact) mass is 336 g/mol. The number of hydrogen-bond acceptors (Lipinski definition) is 2. The lowest BCUT2D eigenvalue weighted by Crippen LogP contribution is -2.38.